The highest BCUT2D eigenvalue weighted by Crippen LogP contribution is 2.36. The van der Waals surface area contributed by atoms with Crippen molar-refractivity contribution in [2.24, 2.45) is 0 Å². The fourth-order valence-electron chi connectivity index (χ4n) is 3.76. The third kappa shape index (κ3) is 2.97. The molecule has 2 aromatic rings. The number of nitrogens with zero attached hydrogens (tertiary/aromatic N) is 4. The molecule has 4 rings (SSSR count). The number of hydrogen-bond donors (Lipinski definition) is 0. The fourth-order valence-corrected chi connectivity index (χ4v) is 3.76. The van der Waals surface area contributed by atoms with Crippen LogP contribution in [0, 0.1) is 0 Å². The van der Waals surface area contributed by atoms with Crippen LogP contribution in [-0.4, -0.2) is 38.7 Å². The molecule has 2 aliphatic rings. The number of halogens is 3. The Morgan fingerprint density at radius 3 is 2.42 bits per heavy atom. The highest BCUT2D eigenvalue weighted by molar-refractivity contribution is 5.92. The second-order valence-corrected chi connectivity index (χ2v) is 6.79. The minimum Gasteiger partial charge on any atom is -0.337 e. The first kappa shape index (κ1) is 17.1. The molecule has 8 heteroatoms. The maximum atomic E-state index is 13.3. The van der Waals surface area contributed by atoms with Gasteiger partial charge in [-0.25, -0.2) is 9.67 Å². The van der Waals surface area contributed by atoms with Crippen molar-refractivity contribution in [2.45, 2.75) is 44.7 Å². The maximum absolute atomic E-state index is 13.3. The first-order valence-corrected chi connectivity index (χ1v) is 8.89. The molecule has 0 radical (unpaired) electrons. The smallest absolute Gasteiger partial charge is 0.337 e. The summed E-state index contributed by atoms with van der Waals surface area (Å²) in [6, 6.07) is 3.19. The molecule has 0 bridgehead atoms. The van der Waals surface area contributed by atoms with Gasteiger partial charge in [0.1, 0.15) is 5.69 Å². The maximum Gasteiger partial charge on any atom is 0.435 e. The summed E-state index contributed by atoms with van der Waals surface area (Å²) in [6.07, 6.45) is 1.48. The number of carbonyl (C=O) groups excluding carboxylic acids is 1. The fraction of sp³-hybridized carbons (Fsp3) is 0.500. The van der Waals surface area contributed by atoms with Crippen LogP contribution in [0.1, 0.15) is 53.1 Å². The van der Waals surface area contributed by atoms with Crippen LogP contribution in [0.2, 0.25) is 0 Å². The van der Waals surface area contributed by atoms with Crippen molar-refractivity contribution >= 4 is 5.91 Å². The minimum atomic E-state index is -4.47. The summed E-state index contributed by atoms with van der Waals surface area (Å²) in [5.74, 6) is -0.132. The molecule has 5 nitrogen and oxygen atoms in total. The summed E-state index contributed by atoms with van der Waals surface area (Å²) in [5.41, 5.74) is 0.860. The van der Waals surface area contributed by atoms with Gasteiger partial charge in [-0.1, -0.05) is 0 Å². The summed E-state index contributed by atoms with van der Waals surface area (Å²) in [4.78, 5) is 18.3. The lowest BCUT2D eigenvalue weighted by Gasteiger charge is -2.16. The molecule has 1 aliphatic heterocycles. The molecule has 1 fully saturated rings. The van der Waals surface area contributed by atoms with Gasteiger partial charge < -0.3 is 4.90 Å². The van der Waals surface area contributed by atoms with Gasteiger partial charge in [-0.3, -0.25) is 4.79 Å². The minimum absolute atomic E-state index is 0.132. The summed E-state index contributed by atoms with van der Waals surface area (Å²) >= 11 is 0. The third-order valence-corrected chi connectivity index (χ3v) is 5.05. The zero-order valence-corrected chi connectivity index (χ0v) is 14.2. The van der Waals surface area contributed by atoms with Crippen LogP contribution >= 0.6 is 0 Å². The van der Waals surface area contributed by atoms with E-state index in [4.69, 9.17) is 0 Å². The molecule has 1 saturated heterocycles. The van der Waals surface area contributed by atoms with Crippen LogP contribution in [0.25, 0.3) is 5.69 Å². The lowest BCUT2D eigenvalue weighted by Crippen LogP contribution is -2.28. The van der Waals surface area contributed by atoms with Gasteiger partial charge in [0.15, 0.2) is 5.69 Å². The quantitative estimate of drug-likeness (QED) is 0.821. The van der Waals surface area contributed by atoms with Crippen molar-refractivity contribution < 1.29 is 18.0 Å². The predicted molar refractivity (Wildman–Crippen MR) is 88.1 cm³/mol. The standard InChI is InChI=1S/C18H19F3N4O/c19-18(20,21)16-13-5-1-2-6-15(13)25(23-16)12-7-8-14(22-11-12)17(26)24-9-3-4-10-24/h7-8,11H,1-6,9-10H2. The van der Waals surface area contributed by atoms with E-state index >= 15 is 0 Å². The van der Waals surface area contributed by atoms with E-state index < -0.39 is 11.9 Å². The second-order valence-electron chi connectivity index (χ2n) is 6.79. The highest BCUT2D eigenvalue weighted by atomic mass is 19.4. The van der Waals surface area contributed by atoms with E-state index in [0.29, 0.717) is 35.5 Å². The molecule has 0 N–H and O–H groups in total. The summed E-state index contributed by atoms with van der Waals surface area (Å²) in [6.45, 7) is 1.45. The molecule has 0 unspecified atom stereocenters. The van der Waals surface area contributed by atoms with Crippen molar-refractivity contribution in [3.8, 4) is 5.69 Å². The van der Waals surface area contributed by atoms with Gasteiger partial charge in [-0.2, -0.15) is 18.3 Å². The molecule has 0 atom stereocenters. The summed E-state index contributed by atoms with van der Waals surface area (Å²) in [5, 5.41) is 3.84. The van der Waals surface area contributed by atoms with E-state index in [-0.39, 0.29) is 5.91 Å². The summed E-state index contributed by atoms with van der Waals surface area (Å²) < 4.78 is 41.3. The second kappa shape index (κ2) is 6.41. The number of carbonyl (C=O) groups is 1. The number of alkyl halides is 3. The molecule has 0 aromatic carbocycles. The average Bonchev–Trinajstić information content (AvgIpc) is 3.29. The first-order chi connectivity index (χ1) is 12.4. The van der Waals surface area contributed by atoms with Crippen molar-refractivity contribution in [1.82, 2.24) is 19.7 Å². The SMILES string of the molecule is O=C(c1ccc(-n2nc(C(F)(F)F)c3c2CCCC3)cn1)N1CCCC1. The molecule has 1 amide bonds. The molecular formula is C18H19F3N4O. The van der Waals surface area contributed by atoms with Crippen molar-refractivity contribution in [2.75, 3.05) is 13.1 Å². The van der Waals surface area contributed by atoms with Crippen LogP contribution in [0.3, 0.4) is 0 Å². The van der Waals surface area contributed by atoms with Crippen LogP contribution < -0.4 is 0 Å². The largest absolute Gasteiger partial charge is 0.435 e. The predicted octanol–water partition coefficient (Wildman–Crippen LogP) is 3.40. The Morgan fingerprint density at radius 1 is 1.04 bits per heavy atom. The Balaban J connectivity index is 1.67. The monoisotopic (exact) mass is 364 g/mol. The Morgan fingerprint density at radius 2 is 1.77 bits per heavy atom. The van der Waals surface area contributed by atoms with Gasteiger partial charge in [0.25, 0.3) is 5.91 Å². The lowest BCUT2D eigenvalue weighted by molar-refractivity contribution is -0.142. The van der Waals surface area contributed by atoms with Gasteiger partial charge in [0.05, 0.1) is 11.9 Å². The molecule has 0 spiro atoms. The lowest BCUT2D eigenvalue weighted by atomic mass is 9.95. The van der Waals surface area contributed by atoms with Gasteiger partial charge in [0, 0.05) is 24.3 Å². The number of fused-ring (bicyclic) bond motifs is 1. The van der Waals surface area contributed by atoms with Crippen LogP contribution in [-0.2, 0) is 19.0 Å². The van der Waals surface area contributed by atoms with Crippen molar-refractivity contribution in [1.29, 1.82) is 0 Å². The molecule has 0 saturated carbocycles. The third-order valence-electron chi connectivity index (χ3n) is 5.05. The molecule has 1 aliphatic carbocycles. The Bertz CT molecular complexity index is 820. The van der Waals surface area contributed by atoms with Gasteiger partial charge in [-0.05, 0) is 50.7 Å². The number of hydrogen-bond acceptors (Lipinski definition) is 3. The topological polar surface area (TPSA) is 51.0 Å². The number of rotatable bonds is 2. The number of amides is 1. The van der Waals surface area contributed by atoms with Crippen molar-refractivity contribution in [3.63, 3.8) is 0 Å². The summed E-state index contributed by atoms with van der Waals surface area (Å²) in [7, 11) is 0. The first-order valence-electron chi connectivity index (χ1n) is 8.89. The molecule has 3 heterocycles. The highest BCUT2D eigenvalue weighted by Gasteiger charge is 2.39. The number of pyridine rings is 1. The Hall–Kier alpha value is -2.38. The average molecular weight is 364 g/mol. The van der Waals surface area contributed by atoms with E-state index in [0.717, 1.165) is 38.8 Å². The van der Waals surface area contributed by atoms with Crippen molar-refractivity contribution in [3.05, 3.63) is 41.0 Å². The van der Waals surface area contributed by atoms with E-state index in [9.17, 15) is 18.0 Å². The van der Waals surface area contributed by atoms with E-state index in [1.807, 2.05) is 0 Å². The Kier molecular flexibility index (Phi) is 4.20. The van der Waals surface area contributed by atoms with Crippen LogP contribution in [0.15, 0.2) is 18.3 Å². The number of aromatic nitrogens is 3. The molecule has 26 heavy (non-hydrogen) atoms. The molecule has 138 valence electrons. The van der Waals surface area contributed by atoms with Crippen LogP contribution in [0.4, 0.5) is 13.2 Å². The van der Waals surface area contributed by atoms with E-state index in [1.54, 1.807) is 17.0 Å². The zero-order valence-electron chi connectivity index (χ0n) is 14.2. The van der Waals surface area contributed by atoms with E-state index in [1.165, 1.54) is 10.9 Å². The normalized spacial score (nSPS) is 17.4. The van der Waals surface area contributed by atoms with E-state index in [2.05, 4.69) is 10.1 Å². The molecule has 2 aromatic heterocycles. The molecular weight excluding hydrogens is 345 g/mol. The van der Waals surface area contributed by atoms with Gasteiger partial charge in [-0.15, -0.1) is 0 Å². The Labute approximate surface area is 148 Å². The van der Waals surface area contributed by atoms with Gasteiger partial charge in [0.2, 0.25) is 0 Å². The van der Waals surface area contributed by atoms with Crippen LogP contribution in [0.5, 0.6) is 0 Å². The number of likely N-dealkylation sites (tertiary alicyclic amines) is 1. The van der Waals surface area contributed by atoms with Gasteiger partial charge >= 0.3 is 6.18 Å². The zero-order chi connectivity index (χ0) is 18.3.